The van der Waals surface area contributed by atoms with Crippen LogP contribution in [0.1, 0.15) is 5.56 Å². The smallest absolute Gasteiger partial charge is 0.283 e. The van der Waals surface area contributed by atoms with Gasteiger partial charge in [-0.15, -0.1) is 0 Å². The molecular formula is C13H10N4O2S2. The molecular weight excluding hydrogens is 308 g/mol. The second-order valence-electron chi connectivity index (χ2n) is 4.20. The molecule has 6 nitrogen and oxygen atoms in total. The molecule has 2 N–H and O–H groups in total. The Morgan fingerprint density at radius 3 is 2.76 bits per heavy atom. The summed E-state index contributed by atoms with van der Waals surface area (Å²) >= 11 is 2.49. The van der Waals surface area contributed by atoms with Crippen molar-refractivity contribution in [2.45, 2.75) is 0 Å². The number of carbonyl (C=O) groups is 1. The molecule has 21 heavy (non-hydrogen) atoms. The molecule has 2 heterocycles. The van der Waals surface area contributed by atoms with Gasteiger partial charge in [0.15, 0.2) is 5.17 Å². The lowest BCUT2D eigenvalue weighted by Gasteiger charge is -2.23. The molecule has 1 aromatic carbocycles. The Labute approximate surface area is 129 Å². The number of amides is 1. The van der Waals surface area contributed by atoms with E-state index in [1.54, 1.807) is 23.1 Å². The van der Waals surface area contributed by atoms with Gasteiger partial charge in [0.25, 0.3) is 5.91 Å². The van der Waals surface area contributed by atoms with Gasteiger partial charge in [-0.25, -0.2) is 4.90 Å². The molecule has 8 heteroatoms. The van der Waals surface area contributed by atoms with Gasteiger partial charge in [0.1, 0.15) is 11.6 Å². The maximum atomic E-state index is 12.1. The summed E-state index contributed by atoms with van der Waals surface area (Å²) in [7, 11) is 0. The summed E-state index contributed by atoms with van der Waals surface area (Å²) in [5.41, 5.74) is 0.919. The maximum absolute atomic E-state index is 12.1. The topological polar surface area (TPSA) is 89.1 Å². The number of hydrogen-bond acceptors (Lipinski definition) is 6. The molecule has 0 unspecified atom stereocenters. The zero-order valence-corrected chi connectivity index (χ0v) is 12.5. The van der Waals surface area contributed by atoms with E-state index in [0.29, 0.717) is 15.9 Å². The van der Waals surface area contributed by atoms with Crippen LogP contribution in [0.4, 0.5) is 0 Å². The van der Waals surface area contributed by atoms with E-state index < -0.39 is 5.91 Å². The normalized spacial score (nSPS) is 19.7. The van der Waals surface area contributed by atoms with E-state index in [1.165, 1.54) is 23.9 Å². The fourth-order valence-corrected chi connectivity index (χ4v) is 3.32. The molecule has 0 bridgehead atoms. The molecule has 3 rings (SSSR count). The predicted octanol–water partition coefficient (Wildman–Crippen LogP) is 2.33. The Morgan fingerprint density at radius 1 is 1.38 bits per heavy atom. The summed E-state index contributed by atoms with van der Waals surface area (Å²) in [6.07, 6.45) is 3.45. The van der Waals surface area contributed by atoms with Crippen LogP contribution < -0.4 is 0 Å². The fraction of sp³-hybridized carbons (Fsp3) is 0.0769. The van der Waals surface area contributed by atoms with Crippen LogP contribution in [0.5, 0.6) is 5.75 Å². The first-order chi connectivity index (χ1) is 10.1. The molecule has 2 aliphatic heterocycles. The van der Waals surface area contributed by atoms with Crippen molar-refractivity contribution >= 4 is 51.9 Å². The highest BCUT2D eigenvalue weighted by Crippen LogP contribution is 2.31. The highest BCUT2D eigenvalue weighted by molar-refractivity contribution is 8.18. The van der Waals surface area contributed by atoms with Gasteiger partial charge >= 0.3 is 0 Å². The molecule has 0 radical (unpaired) electrons. The molecule has 106 valence electrons. The van der Waals surface area contributed by atoms with Crippen LogP contribution in [0, 0.1) is 5.41 Å². The number of aliphatic imine (C=N–C) groups is 1. The molecule has 0 saturated carbocycles. The molecule has 0 aliphatic carbocycles. The molecule has 1 aromatic rings. The number of nitrogens with zero attached hydrogens (tertiary/aromatic N) is 3. The number of thioether (sulfide) groups is 1. The first-order valence-corrected chi connectivity index (χ1v) is 7.92. The Morgan fingerprint density at radius 2 is 2.10 bits per heavy atom. The van der Waals surface area contributed by atoms with Crippen molar-refractivity contribution in [1.82, 2.24) is 4.90 Å². The highest BCUT2D eigenvalue weighted by atomic mass is 32.2. The van der Waals surface area contributed by atoms with Crippen LogP contribution >= 0.6 is 23.7 Å². The van der Waals surface area contributed by atoms with Crippen LogP contribution in [-0.2, 0) is 4.79 Å². The van der Waals surface area contributed by atoms with Gasteiger partial charge in [-0.3, -0.25) is 10.2 Å². The minimum Gasteiger partial charge on any atom is -0.508 e. The van der Waals surface area contributed by atoms with E-state index in [2.05, 4.69) is 9.39 Å². The Kier molecular flexibility index (Phi) is 3.56. The largest absolute Gasteiger partial charge is 0.508 e. The Hall–Kier alpha value is -2.06. The second kappa shape index (κ2) is 5.38. The predicted molar refractivity (Wildman–Crippen MR) is 86.6 cm³/mol. The van der Waals surface area contributed by atoms with E-state index in [-0.39, 0.29) is 17.2 Å². The van der Waals surface area contributed by atoms with Crippen LogP contribution in [-0.4, -0.2) is 38.3 Å². The molecule has 0 atom stereocenters. The van der Waals surface area contributed by atoms with Crippen molar-refractivity contribution < 1.29 is 9.90 Å². The van der Waals surface area contributed by atoms with Crippen molar-refractivity contribution in [2.75, 3.05) is 6.26 Å². The highest BCUT2D eigenvalue weighted by Gasteiger charge is 2.36. The SMILES string of the molecule is CSC1=NSC2=NC(=O)/C(=C\c3ccc(O)cc3)C(=N)N12. The first kappa shape index (κ1) is 13.9. The van der Waals surface area contributed by atoms with Crippen molar-refractivity contribution in [2.24, 2.45) is 9.39 Å². The number of benzene rings is 1. The van der Waals surface area contributed by atoms with E-state index in [1.807, 2.05) is 6.26 Å². The summed E-state index contributed by atoms with van der Waals surface area (Å²) in [5.74, 6) is -0.240. The zero-order valence-electron chi connectivity index (χ0n) is 10.9. The molecule has 2 aliphatic rings. The minimum absolute atomic E-state index is 0.0659. The minimum atomic E-state index is -0.454. The monoisotopic (exact) mass is 318 g/mol. The number of fused-ring (bicyclic) bond motifs is 1. The number of carbonyl (C=O) groups excluding carboxylic acids is 1. The van der Waals surface area contributed by atoms with Gasteiger partial charge < -0.3 is 5.11 Å². The Balaban J connectivity index is 2.00. The van der Waals surface area contributed by atoms with Gasteiger partial charge in [-0.2, -0.15) is 9.39 Å². The summed E-state index contributed by atoms with van der Waals surface area (Å²) < 4.78 is 4.17. The first-order valence-electron chi connectivity index (χ1n) is 5.92. The molecule has 0 saturated heterocycles. The van der Waals surface area contributed by atoms with Gasteiger partial charge in [0, 0.05) is 0 Å². The number of aromatic hydroxyl groups is 1. The second-order valence-corrected chi connectivity index (χ2v) is 5.71. The third-order valence-corrected chi connectivity index (χ3v) is 4.34. The summed E-state index contributed by atoms with van der Waals surface area (Å²) in [6, 6.07) is 6.39. The number of nitrogens with one attached hydrogen (secondary N) is 1. The molecule has 0 fully saturated rings. The van der Waals surface area contributed by atoms with Crippen LogP contribution in [0.15, 0.2) is 39.2 Å². The average Bonchev–Trinajstić information content (AvgIpc) is 2.88. The van der Waals surface area contributed by atoms with Gasteiger partial charge in [-0.1, -0.05) is 23.9 Å². The number of hydrogen-bond donors (Lipinski definition) is 2. The van der Waals surface area contributed by atoms with Crippen molar-refractivity contribution in [1.29, 1.82) is 5.41 Å². The zero-order chi connectivity index (χ0) is 15.0. The molecule has 0 aromatic heterocycles. The van der Waals surface area contributed by atoms with E-state index in [9.17, 15) is 9.90 Å². The van der Waals surface area contributed by atoms with E-state index >= 15 is 0 Å². The van der Waals surface area contributed by atoms with Crippen LogP contribution in [0.25, 0.3) is 6.08 Å². The summed E-state index contributed by atoms with van der Waals surface area (Å²) in [4.78, 5) is 17.6. The summed E-state index contributed by atoms with van der Waals surface area (Å²) in [5, 5.41) is 18.5. The van der Waals surface area contributed by atoms with Crippen LogP contribution in [0.2, 0.25) is 0 Å². The van der Waals surface area contributed by atoms with E-state index in [4.69, 9.17) is 5.41 Å². The summed E-state index contributed by atoms with van der Waals surface area (Å²) in [6.45, 7) is 0. The standard InChI is InChI=1S/C13H10N4O2S2/c1-20-13-16-21-12-15-11(19)9(10(14)17(12)13)6-7-2-4-8(18)5-3-7/h2-6,14,18H,1H3/b9-6-,14-10?. The average molecular weight is 318 g/mol. The lowest BCUT2D eigenvalue weighted by atomic mass is 10.1. The number of phenolic OH excluding ortho intramolecular Hbond substituents is 1. The van der Waals surface area contributed by atoms with Gasteiger partial charge in [-0.05, 0) is 30.0 Å². The molecule has 0 spiro atoms. The van der Waals surface area contributed by atoms with Gasteiger partial charge in [0.2, 0.25) is 5.17 Å². The third kappa shape index (κ3) is 2.47. The Bertz CT molecular complexity index is 722. The third-order valence-electron chi connectivity index (χ3n) is 2.88. The number of amidine groups is 3. The number of rotatable bonds is 1. The molecule has 1 amide bonds. The van der Waals surface area contributed by atoms with Crippen molar-refractivity contribution in [3.63, 3.8) is 0 Å². The van der Waals surface area contributed by atoms with Gasteiger partial charge in [0.05, 0.1) is 17.5 Å². The lowest BCUT2D eigenvalue weighted by Crippen LogP contribution is -2.41. The quantitative estimate of drug-likeness (QED) is 0.613. The number of phenols is 1. The van der Waals surface area contributed by atoms with Crippen molar-refractivity contribution in [3.8, 4) is 5.75 Å². The lowest BCUT2D eigenvalue weighted by molar-refractivity contribution is -0.114. The maximum Gasteiger partial charge on any atom is 0.283 e. The van der Waals surface area contributed by atoms with Crippen LogP contribution in [0.3, 0.4) is 0 Å². The fourth-order valence-electron chi connectivity index (χ4n) is 1.87. The van der Waals surface area contributed by atoms with Crippen molar-refractivity contribution in [3.05, 3.63) is 35.4 Å². The van der Waals surface area contributed by atoms with E-state index in [0.717, 1.165) is 11.9 Å².